The van der Waals surface area contributed by atoms with Crippen LogP contribution in [0, 0.1) is 10.8 Å². The number of rotatable bonds is 15. The lowest BCUT2D eigenvalue weighted by atomic mass is 9.90. The fraction of sp³-hybridized carbons (Fsp3) is 0.325. The zero-order chi connectivity index (χ0) is 35.0. The van der Waals surface area contributed by atoms with Crippen molar-refractivity contribution in [2.45, 2.75) is 33.7 Å². The summed E-state index contributed by atoms with van der Waals surface area (Å²) in [5.74, 6) is -2.00. The second-order valence-electron chi connectivity index (χ2n) is 13.5. The summed E-state index contributed by atoms with van der Waals surface area (Å²) in [6.45, 7) is 8.96. The standard InChI is InChI=1S/C40H40O10/c1-39(24-46-25-39)22-44-19-29-8-12-31(13-9-29)36(41)49-33-16-17-35(34(18-33)38(43)48-21-28-6-4-3-5-7-28)50-37(42)32-14-10-30(11-15-32)20-45-23-40(2)26-47-27-40/h3-18H,19-27H2,1-2H3. The van der Waals surface area contributed by atoms with E-state index in [1.807, 2.05) is 30.3 Å². The normalized spacial score (nSPS) is 15.6. The van der Waals surface area contributed by atoms with Crippen molar-refractivity contribution in [3.8, 4) is 11.5 Å². The van der Waals surface area contributed by atoms with Crippen molar-refractivity contribution in [1.29, 1.82) is 0 Å². The van der Waals surface area contributed by atoms with E-state index in [-0.39, 0.29) is 40.1 Å². The lowest BCUT2D eigenvalue weighted by Crippen LogP contribution is -2.43. The average molecular weight is 681 g/mol. The molecule has 0 aliphatic carbocycles. The van der Waals surface area contributed by atoms with Crippen LogP contribution in [-0.2, 0) is 43.5 Å². The molecule has 6 rings (SSSR count). The first-order chi connectivity index (χ1) is 24.2. The number of hydrogen-bond acceptors (Lipinski definition) is 10. The molecule has 10 nitrogen and oxygen atoms in total. The molecular formula is C40H40O10. The van der Waals surface area contributed by atoms with Gasteiger partial charge in [0.1, 0.15) is 23.7 Å². The molecule has 0 aromatic heterocycles. The number of carbonyl (C=O) groups is 3. The third-order valence-electron chi connectivity index (χ3n) is 8.42. The van der Waals surface area contributed by atoms with E-state index in [0.29, 0.717) is 58.4 Å². The second-order valence-corrected chi connectivity index (χ2v) is 13.5. The van der Waals surface area contributed by atoms with E-state index >= 15 is 0 Å². The summed E-state index contributed by atoms with van der Waals surface area (Å²) in [6.07, 6.45) is 0. The monoisotopic (exact) mass is 680 g/mol. The van der Waals surface area contributed by atoms with Crippen LogP contribution >= 0.6 is 0 Å². The SMILES string of the molecule is CC1(COCc2ccc(C(=O)Oc3ccc(OC(=O)c4ccc(COCC5(C)COC5)cc4)c(C(=O)OCc4ccccc4)c3)cc2)COC1. The van der Waals surface area contributed by atoms with E-state index in [4.69, 9.17) is 33.2 Å². The third-order valence-corrected chi connectivity index (χ3v) is 8.42. The molecule has 0 radical (unpaired) electrons. The molecule has 0 N–H and O–H groups in total. The maximum atomic E-state index is 13.3. The minimum Gasteiger partial charge on any atom is -0.457 e. The highest BCUT2D eigenvalue weighted by Gasteiger charge is 2.34. The van der Waals surface area contributed by atoms with Crippen molar-refractivity contribution < 1.29 is 47.5 Å². The van der Waals surface area contributed by atoms with Gasteiger partial charge < -0.3 is 33.2 Å². The molecule has 10 heteroatoms. The lowest BCUT2D eigenvalue weighted by molar-refractivity contribution is -0.140. The lowest BCUT2D eigenvalue weighted by Gasteiger charge is -2.37. The quantitative estimate of drug-likeness (QED) is 0.101. The Balaban J connectivity index is 1.10. The number of ether oxygens (including phenoxy) is 7. The molecule has 4 aromatic rings. The van der Waals surface area contributed by atoms with Crippen molar-refractivity contribution in [1.82, 2.24) is 0 Å². The van der Waals surface area contributed by atoms with Gasteiger partial charge in [-0.1, -0.05) is 68.4 Å². The van der Waals surface area contributed by atoms with E-state index in [0.717, 1.165) is 16.7 Å². The predicted molar refractivity (Wildman–Crippen MR) is 182 cm³/mol. The Labute approximate surface area is 291 Å². The minimum absolute atomic E-state index is 0.00410. The van der Waals surface area contributed by atoms with Gasteiger partial charge in [-0.2, -0.15) is 0 Å². The van der Waals surface area contributed by atoms with Crippen LogP contribution in [0.1, 0.15) is 61.6 Å². The van der Waals surface area contributed by atoms with Gasteiger partial charge in [0.05, 0.1) is 64.0 Å². The molecular weight excluding hydrogens is 640 g/mol. The van der Waals surface area contributed by atoms with Crippen molar-refractivity contribution in [3.05, 3.63) is 130 Å². The molecule has 0 bridgehead atoms. The predicted octanol–water partition coefficient (Wildman–Crippen LogP) is 6.59. The molecule has 0 amide bonds. The smallest absolute Gasteiger partial charge is 0.343 e. The van der Waals surface area contributed by atoms with Gasteiger partial charge in [0.25, 0.3) is 0 Å². The van der Waals surface area contributed by atoms with Crippen molar-refractivity contribution >= 4 is 17.9 Å². The highest BCUT2D eigenvalue weighted by atomic mass is 16.6. The summed E-state index contributed by atoms with van der Waals surface area (Å²) in [5.41, 5.74) is 3.22. The molecule has 50 heavy (non-hydrogen) atoms. The number of esters is 3. The van der Waals surface area contributed by atoms with Gasteiger partial charge in [-0.3, -0.25) is 0 Å². The van der Waals surface area contributed by atoms with Crippen LogP contribution in [0.4, 0.5) is 0 Å². The fourth-order valence-electron chi connectivity index (χ4n) is 5.32. The Morgan fingerprint density at radius 1 is 0.580 bits per heavy atom. The summed E-state index contributed by atoms with van der Waals surface area (Å²) in [5, 5.41) is 0. The van der Waals surface area contributed by atoms with E-state index in [2.05, 4.69) is 13.8 Å². The fourth-order valence-corrected chi connectivity index (χ4v) is 5.32. The first-order valence-electron chi connectivity index (χ1n) is 16.5. The van der Waals surface area contributed by atoms with Gasteiger partial charge in [-0.25, -0.2) is 14.4 Å². The van der Waals surface area contributed by atoms with Crippen LogP contribution in [-0.4, -0.2) is 57.5 Å². The van der Waals surface area contributed by atoms with E-state index in [1.165, 1.54) is 18.2 Å². The summed E-state index contributed by atoms with van der Waals surface area (Å²) in [6, 6.07) is 27.1. The van der Waals surface area contributed by atoms with Crippen LogP contribution in [0.2, 0.25) is 0 Å². The highest BCUT2D eigenvalue weighted by molar-refractivity contribution is 5.97. The summed E-state index contributed by atoms with van der Waals surface area (Å²) < 4.78 is 39.0. The van der Waals surface area contributed by atoms with Gasteiger partial charge in [-0.05, 0) is 59.2 Å². The second kappa shape index (κ2) is 15.8. The van der Waals surface area contributed by atoms with E-state index < -0.39 is 17.9 Å². The maximum Gasteiger partial charge on any atom is 0.343 e. The van der Waals surface area contributed by atoms with Gasteiger partial charge >= 0.3 is 17.9 Å². The molecule has 2 saturated heterocycles. The van der Waals surface area contributed by atoms with Gasteiger partial charge in [0, 0.05) is 10.8 Å². The number of carbonyl (C=O) groups excluding carboxylic acids is 3. The molecule has 0 atom stereocenters. The summed E-state index contributed by atoms with van der Waals surface area (Å²) in [4.78, 5) is 39.5. The molecule has 4 aromatic carbocycles. The van der Waals surface area contributed by atoms with Crippen LogP contribution in [0.5, 0.6) is 11.5 Å². The van der Waals surface area contributed by atoms with Gasteiger partial charge in [0.15, 0.2) is 0 Å². The van der Waals surface area contributed by atoms with Crippen molar-refractivity contribution in [2.75, 3.05) is 39.6 Å². The largest absolute Gasteiger partial charge is 0.457 e. The zero-order valence-corrected chi connectivity index (χ0v) is 28.2. The first kappa shape index (κ1) is 35.0. The number of benzene rings is 4. The highest BCUT2D eigenvalue weighted by Crippen LogP contribution is 2.29. The third kappa shape index (κ3) is 9.22. The molecule has 2 aliphatic rings. The summed E-state index contributed by atoms with van der Waals surface area (Å²) in [7, 11) is 0. The van der Waals surface area contributed by atoms with E-state index in [9.17, 15) is 14.4 Å². The first-order valence-corrected chi connectivity index (χ1v) is 16.5. The molecule has 2 heterocycles. The van der Waals surface area contributed by atoms with Crippen LogP contribution in [0.25, 0.3) is 0 Å². The van der Waals surface area contributed by atoms with Gasteiger partial charge in [-0.15, -0.1) is 0 Å². The van der Waals surface area contributed by atoms with E-state index in [1.54, 1.807) is 48.5 Å². The molecule has 2 fully saturated rings. The topological polar surface area (TPSA) is 116 Å². The van der Waals surface area contributed by atoms with Crippen LogP contribution in [0.15, 0.2) is 97.1 Å². The van der Waals surface area contributed by atoms with Crippen molar-refractivity contribution in [3.63, 3.8) is 0 Å². The number of hydrogen-bond donors (Lipinski definition) is 0. The molecule has 260 valence electrons. The summed E-state index contributed by atoms with van der Waals surface area (Å²) >= 11 is 0. The minimum atomic E-state index is -0.751. The van der Waals surface area contributed by atoms with Crippen LogP contribution in [0.3, 0.4) is 0 Å². The Morgan fingerprint density at radius 3 is 1.58 bits per heavy atom. The van der Waals surface area contributed by atoms with Crippen LogP contribution < -0.4 is 9.47 Å². The zero-order valence-electron chi connectivity index (χ0n) is 28.2. The Hall–Kier alpha value is -4.87. The molecule has 0 unspecified atom stereocenters. The molecule has 0 saturated carbocycles. The van der Waals surface area contributed by atoms with Gasteiger partial charge in [0.2, 0.25) is 0 Å². The van der Waals surface area contributed by atoms with Crippen molar-refractivity contribution in [2.24, 2.45) is 10.8 Å². The Bertz CT molecular complexity index is 1780. The molecule has 2 aliphatic heterocycles. The maximum absolute atomic E-state index is 13.3. The average Bonchev–Trinajstić information content (AvgIpc) is 3.10. The Morgan fingerprint density at radius 2 is 1.08 bits per heavy atom. The Kier molecular flexibility index (Phi) is 11.0. The molecule has 0 spiro atoms.